The standard InChI is InChI=1S/C15H23NO4S/c1-13-12-14(4-5-15(13)17)21(18,19)11-3-2-6-16-7-9-20-10-8-16/h4-5,12,17H,2-3,6-11H2,1H3. The predicted molar refractivity (Wildman–Crippen MR) is 81.4 cm³/mol. The number of aromatic hydroxyl groups is 1. The highest BCUT2D eigenvalue weighted by Gasteiger charge is 2.16. The van der Waals surface area contributed by atoms with Gasteiger partial charge in [0.2, 0.25) is 0 Å². The van der Waals surface area contributed by atoms with Crippen LogP contribution in [0.2, 0.25) is 0 Å². The molecule has 118 valence electrons. The zero-order chi connectivity index (χ0) is 15.3. The quantitative estimate of drug-likeness (QED) is 0.808. The van der Waals surface area contributed by atoms with Gasteiger partial charge in [0, 0.05) is 13.1 Å². The fourth-order valence-corrected chi connectivity index (χ4v) is 3.84. The molecule has 1 aromatic carbocycles. The van der Waals surface area contributed by atoms with Gasteiger partial charge in [-0.05, 0) is 50.1 Å². The van der Waals surface area contributed by atoms with Gasteiger partial charge in [-0.2, -0.15) is 0 Å². The Morgan fingerprint density at radius 1 is 1.24 bits per heavy atom. The van der Waals surface area contributed by atoms with Gasteiger partial charge in [0.25, 0.3) is 0 Å². The molecular formula is C15H23NO4S. The van der Waals surface area contributed by atoms with Crippen molar-refractivity contribution in [2.45, 2.75) is 24.7 Å². The van der Waals surface area contributed by atoms with Crippen LogP contribution in [0, 0.1) is 6.92 Å². The lowest BCUT2D eigenvalue weighted by atomic mass is 10.2. The van der Waals surface area contributed by atoms with E-state index < -0.39 is 9.84 Å². The van der Waals surface area contributed by atoms with Crippen LogP contribution in [0.3, 0.4) is 0 Å². The van der Waals surface area contributed by atoms with Crippen LogP contribution < -0.4 is 0 Å². The summed E-state index contributed by atoms with van der Waals surface area (Å²) in [6, 6.07) is 4.45. The molecule has 2 rings (SSSR count). The number of hydrogen-bond donors (Lipinski definition) is 1. The van der Waals surface area contributed by atoms with Crippen LogP contribution in [0.15, 0.2) is 23.1 Å². The molecule has 1 N–H and O–H groups in total. The van der Waals surface area contributed by atoms with E-state index in [2.05, 4.69) is 4.90 Å². The molecule has 0 aliphatic carbocycles. The molecule has 0 aromatic heterocycles. The lowest BCUT2D eigenvalue weighted by Gasteiger charge is -2.26. The molecule has 0 bridgehead atoms. The zero-order valence-corrected chi connectivity index (χ0v) is 13.2. The van der Waals surface area contributed by atoms with E-state index in [1.54, 1.807) is 6.92 Å². The lowest BCUT2D eigenvalue weighted by Crippen LogP contribution is -2.36. The van der Waals surface area contributed by atoms with E-state index in [1.807, 2.05) is 0 Å². The van der Waals surface area contributed by atoms with Gasteiger partial charge in [0.05, 0.1) is 23.9 Å². The minimum absolute atomic E-state index is 0.126. The van der Waals surface area contributed by atoms with Crippen molar-refractivity contribution in [2.75, 3.05) is 38.6 Å². The molecule has 0 amide bonds. The molecule has 1 fully saturated rings. The highest BCUT2D eigenvalue weighted by atomic mass is 32.2. The minimum atomic E-state index is -3.26. The maximum atomic E-state index is 12.2. The molecule has 0 radical (unpaired) electrons. The monoisotopic (exact) mass is 313 g/mol. The summed E-state index contributed by atoms with van der Waals surface area (Å²) >= 11 is 0. The van der Waals surface area contributed by atoms with E-state index in [-0.39, 0.29) is 11.5 Å². The number of morpholine rings is 1. The van der Waals surface area contributed by atoms with Crippen LogP contribution in [0.5, 0.6) is 5.75 Å². The Morgan fingerprint density at radius 3 is 2.62 bits per heavy atom. The third kappa shape index (κ3) is 4.69. The Bertz CT molecular complexity index is 565. The van der Waals surface area contributed by atoms with Crippen LogP contribution >= 0.6 is 0 Å². The van der Waals surface area contributed by atoms with Crippen molar-refractivity contribution in [1.29, 1.82) is 0 Å². The first-order chi connectivity index (χ1) is 9.99. The van der Waals surface area contributed by atoms with Gasteiger partial charge in [0.15, 0.2) is 9.84 Å². The highest BCUT2D eigenvalue weighted by Crippen LogP contribution is 2.21. The second-order valence-electron chi connectivity index (χ2n) is 5.43. The van der Waals surface area contributed by atoms with Crippen molar-refractivity contribution in [3.63, 3.8) is 0 Å². The first kappa shape index (κ1) is 16.3. The summed E-state index contributed by atoms with van der Waals surface area (Å²) in [5, 5.41) is 9.46. The van der Waals surface area contributed by atoms with Crippen molar-refractivity contribution in [2.24, 2.45) is 0 Å². The fourth-order valence-electron chi connectivity index (χ4n) is 2.39. The number of nitrogens with zero attached hydrogens (tertiary/aromatic N) is 1. The van der Waals surface area contributed by atoms with Crippen molar-refractivity contribution in [1.82, 2.24) is 4.90 Å². The summed E-state index contributed by atoms with van der Waals surface area (Å²) in [5.74, 6) is 0.280. The largest absolute Gasteiger partial charge is 0.508 e. The molecule has 5 nitrogen and oxygen atoms in total. The Kier molecular flexibility index (Phi) is 5.61. The Morgan fingerprint density at radius 2 is 1.95 bits per heavy atom. The summed E-state index contributed by atoms with van der Waals surface area (Å²) in [6.45, 7) is 6.03. The molecule has 1 aliphatic rings. The third-order valence-electron chi connectivity index (χ3n) is 3.77. The molecule has 1 saturated heterocycles. The second-order valence-corrected chi connectivity index (χ2v) is 7.54. The number of phenolic OH excluding ortho intramolecular Hbond substituents is 1. The molecule has 0 atom stereocenters. The Balaban J connectivity index is 1.82. The number of hydrogen-bond acceptors (Lipinski definition) is 5. The summed E-state index contributed by atoms with van der Waals surface area (Å²) in [4.78, 5) is 2.60. The number of benzene rings is 1. The van der Waals surface area contributed by atoms with Gasteiger partial charge in [0.1, 0.15) is 5.75 Å². The van der Waals surface area contributed by atoms with Gasteiger partial charge in [-0.3, -0.25) is 4.90 Å². The molecule has 0 spiro atoms. The van der Waals surface area contributed by atoms with E-state index in [9.17, 15) is 13.5 Å². The van der Waals surface area contributed by atoms with Crippen molar-refractivity contribution >= 4 is 9.84 Å². The second kappa shape index (κ2) is 7.24. The number of sulfone groups is 1. The first-order valence-electron chi connectivity index (χ1n) is 7.31. The highest BCUT2D eigenvalue weighted by molar-refractivity contribution is 7.91. The summed E-state index contributed by atoms with van der Waals surface area (Å²) in [5.41, 5.74) is 0.587. The predicted octanol–water partition coefficient (Wildman–Crippen LogP) is 1.59. The number of unbranched alkanes of at least 4 members (excludes halogenated alkanes) is 1. The number of rotatable bonds is 6. The molecule has 1 heterocycles. The lowest BCUT2D eigenvalue weighted by molar-refractivity contribution is 0.0373. The van der Waals surface area contributed by atoms with Gasteiger partial charge in [-0.15, -0.1) is 0 Å². The van der Waals surface area contributed by atoms with Crippen LogP contribution in [-0.4, -0.2) is 57.0 Å². The fraction of sp³-hybridized carbons (Fsp3) is 0.600. The number of phenols is 1. The first-order valence-corrected chi connectivity index (χ1v) is 8.97. The molecule has 1 aromatic rings. The maximum Gasteiger partial charge on any atom is 0.178 e. The van der Waals surface area contributed by atoms with E-state index in [0.717, 1.165) is 39.3 Å². The molecular weight excluding hydrogens is 290 g/mol. The third-order valence-corrected chi connectivity index (χ3v) is 5.57. The molecule has 21 heavy (non-hydrogen) atoms. The molecule has 0 unspecified atom stereocenters. The molecule has 1 aliphatic heterocycles. The van der Waals surface area contributed by atoms with Crippen molar-refractivity contribution in [3.05, 3.63) is 23.8 Å². The SMILES string of the molecule is Cc1cc(S(=O)(=O)CCCCN2CCOCC2)ccc1O. The molecule has 0 saturated carbocycles. The van der Waals surface area contributed by atoms with Crippen LogP contribution in [-0.2, 0) is 14.6 Å². The number of aryl methyl sites for hydroxylation is 1. The van der Waals surface area contributed by atoms with Crippen LogP contribution in [0.1, 0.15) is 18.4 Å². The Hall–Kier alpha value is -1.11. The minimum Gasteiger partial charge on any atom is -0.508 e. The molecule has 6 heteroatoms. The van der Waals surface area contributed by atoms with Crippen LogP contribution in [0.25, 0.3) is 0 Å². The summed E-state index contributed by atoms with van der Waals surface area (Å²) < 4.78 is 29.7. The number of ether oxygens (including phenoxy) is 1. The zero-order valence-electron chi connectivity index (χ0n) is 12.4. The van der Waals surface area contributed by atoms with Crippen LogP contribution in [0.4, 0.5) is 0 Å². The normalized spacial score (nSPS) is 17.0. The van der Waals surface area contributed by atoms with Crippen molar-refractivity contribution in [3.8, 4) is 5.75 Å². The van der Waals surface area contributed by atoms with E-state index in [4.69, 9.17) is 4.74 Å². The Labute approximate surface area is 126 Å². The summed E-state index contributed by atoms with van der Waals surface area (Å²) in [7, 11) is -3.26. The van der Waals surface area contributed by atoms with E-state index >= 15 is 0 Å². The summed E-state index contributed by atoms with van der Waals surface area (Å²) in [6.07, 6.45) is 1.52. The maximum absolute atomic E-state index is 12.2. The van der Waals surface area contributed by atoms with Crippen molar-refractivity contribution < 1.29 is 18.3 Å². The van der Waals surface area contributed by atoms with E-state index in [1.165, 1.54) is 18.2 Å². The average molecular weight is 313 g/mol. The van der Waals surface area contributed by atoms with Gasteiger partial charge in [-0.25, -0.2) is 8.42 Å². The smallest absolute Gasteiger partial charge is 0.178 e. The van der Waals surface area contributed by atoms with Gasteiger partial charge >= 0.3 is 0 Å². The topological polar surface area (TPSA) is 66.8 Å². The average Bonchev–Trinajstić information content (AvgIpc) is 2.47. The van der Waals surface area contributed by atoms with E-state index in [0.29, 0.717) is 16.9 Å². The van der Waals surface area contributed by atoms with Gasteiger partial charge < -0.3 is 9.84 Å². The van der Waals surface area contributed by atoms with Gasteiger partial charge in [-0.1, -0.05) is 0 Å².